The van der Waals surface area contributed by atoms with Gasteiger partial charge < -0.3 is 20.1 Å². The summed E-state index contributed by atoms with van der Waals surface area (Å²) in [5.41, 5.74) is 0.759. The number of ether oxygens (including phenoxy) is 2. The summed E-state index contributed by atoms with van der Waals surface area (Å²) < 4.78 is 10.9. The lowest BCUT2D eigenvalue weighted by atomic mass is 10.1. The van der Waals surface area contributed by atoms with Crippen LogP contribution in [0.25, 0.3) is 0 Å². The fourth-order valence-corrected chi connectivity index (χ4v) is 3.21. The van der Waals surface area contributed by atoms with Crippen LogP contribution in [-0.4, -0.2) is 23.8 Å². The second kappa shape index (κ2) is 10.2. The summed E-state index contributed by atoms with van der Waals surface area (Å²) >= 11 is 12.0. The maximum Gasteiger partial charge on any atom is 0.313 e. The average Bonchev–Trinajstić information content (AvgIpc) is 2.76. The van der Waals surface area contributed by atoms with E-state index < -0.39 is 10.8 Å². The van der Waals surface area contributed by atoms with Crippen LogP contribution in [0, 0.1) is 10.1 Å². The van der Waals surface area contributed by atoms with Gasteiger partial charge in [-0.25, -0.2) is 0 Å². The number of carbonyl (C=O) groups is 2. The lowest BCUT2D eigenvalue weighted by Crippen LogP contribution is -2.12. The zero-order valence-corrected chi connectivity index (χ0v) is 18.9. The average molecular weight is 490 g/mol. The van der Waals surface area contributed by atoms with E-state index in [1.807, 2.05) is 0 Å². The van der Waals surface area contributed by atoms with Gasteiger partial charge in [-0.05, 0) is 48.5 Å². The minimum absolute atomic E-state index is 0.0335. The molecule has 0 fully saturated rings. The van der Waals surface area contributed by atoms with Crippen LogP contribution >= 0.6 is 23.2 Å². The molecule has 0 aromatic heterocycles. The van der Waals surface area contributed by atoms with Crippen LogP contribution < -0.4 is 20.1 Å². The number of nitro groups is 1. The maximum absolute atomic E-state index is 12.7. The molecule has 0 aliphatic rings. The number of amides is 2. The fourth-order valence-electron chi connectivity index (χ4n) is 2.82. The molecule has 9 nitrogen and oxygen atoms in total. The molecule has 33 heavy (non-hydrogen) atoms. The van der Waals surface area contributed by atoms with Gasteiger partial charge in [-0.1, -0.05) is 23.2 Å². The standard InChI is InChI=1S/C22H17Cl2N3O6/c1-12(28)25-17-6-5-15(11-16(17)24)26-22(29)13-3-7-20(21(9-13)32-2)33-19-8-4-14(23)10-18(19)27(30)31/h3-11H,1-2H3,(H,25,28)(H,26,29). The zero-order valence-electron chi connectivity index (χ0n) is 17.3. The van der Waals surface area contributed by atoms with Crippen molar-refractivity contribution in [2.45, 2.75) is 6.92 Å². The van der Waals surface area contributed by atoms with Gasteiger partial charge in [0.1, 0.15) is 0 Å². The molecule has 0 unspecified atom stereocenters. The molecule has 0 spiro atoms. The van der Waals surface area contributed by atoms with E-state index in [0.29, 0.717) is 11.4 Å². The summed E-state index contributed by atoms with van der Waals surface area (Å²) in [6, 6.07) is 13.0. The number of hydrogen-bond donors (Lipinski definition) is 2. The molecular weight excluding hydrogens is 473 g/mol. The van der Waals surface area contributed by atoms with E-state index in [0.717, 1.165) is 0 Å². The molecule has 0 bridgehead atoms. The number of nitrogens with one attached hydrogen (secondary N) is 2. The lowest BCUT2D eigenvalue weighted by molar-refractivity contribution is -0.385. The highest BCUT2D eigenvalue weighted by Gasteiger charge is 2.19. The molecule has 3 aromatic rings. The maximum atomic E-state index is 12.7. The predicted octanol–water partition coefficient (Wildman–Crippen LogP) is 5.91. The molecule has 0 atom stereocenters. The van der Waals surface area contributed by atoms with Gasteiger partial charge in [0.05, 0.1) is 22.7 Å². The molecule has 0 heterocycles. The molecule has 11 heteroatoms. The van der Waals surface area contributed by atoms with Gasteiger partial charge in [0.25, 0.3) is 5.91 Å². The Bertz CT molecular complexity index is 1250. The highest BCUT2D eigenvalue weighted by atomic mass is 35.5. The van der Waals surface area contributed by atoms with Crippen molar-refractivity contribution < 1.29 is 24.0 Å². The molecule has 0 saturated heterocycles. The first kappa shape index (κ1) is 23.8. The van der Waals surface area contributed by atoms with E-state index in [1.165, 1.54) is 56.5 Å². The summed E-state index contributed by atoms with van der Waals surface area (Å²) in [6.45, 7) is 1.36. The molecular formula is C22H17Cl2N3O6. The minimum atomic E-state index is -0.613. The number of carbonyl (C=O) groups excluding carboxylic acids is 2. The van der Waals surface area contributed by atoms with Crippen molar-refractivity contribution in [3.8, 4) is 17.2 Å². The Balaban J connectivity index is 1.81. The summed E-state index contributed by atoms with van der Waals surface area (Å²) in [6.07, 6.45) is 0. The van der Waals surface area contributed by atoms with Crippen LogP contribution in [0.2, 0.25) is 10.0 Å². The largest absolute Gasteiger partial charge is 0.493 e. The van der Waals surface area contributed by atoms with E-state index in [4.69, 9.17) is 32.7 Å². The third-order valence-corrected chi connectivity index (χ3v) is 4.85. The smallest absolute Gasteiger partial charge is 0.313 e. The number of rotatable bonds is 7. The first-order valence-electron chi connectivity index (χ1n) is 9.36. The van der Waals surface area contributed by atoms with E-state index >= 15 is 0 Å². The third-order valence-electron chi connectivity index (χ3n) is 4.30. The summed E-state index contributed by atoms with van der Waals surface area (Å²) in [4.78, 5) is 34.5. The van der Waals surface area contributed by atoms with Gasteiger partial charge in [-0.3, -0.25) is 19.7 Å². The second-order valence-electron chi connectivity index (χ2n) is 6.67. The SMILES string of the molecule is COc1cc(C(=O)Nc2ccc(NC(C)=O)c(Cl)c2)ccc1Oc1ccc(Cl)cc1[N+](=O)[O-]. The Morgan fingerprint density at radius 2 is 1.67 bits per heavy atom. The minimum Gasteiger partial charge on any atom is -0.493 e. The Morgan fingerprint density at radius 1 is 0.939 bits per heavy atom. The van der Waals surface area contributed by atoms with E-state index in [1.54, 1.807) is 12.1 Å². The first-order chi connectivity index (χ1) is 15.7. The zero-order chi connectivity index (χ0) is 24.1. The predicted molar refractivity (Wildman–Crippen MR) is 125 cm³/mol. The molecule has 3 aromatic carbocycles. The number of anilines is 2. The summed E-state index contributed by atoms with van der Waals surface area (Å²) in [5, 5.41) is 17.0. The van der Waals surface area contributed by atoms with Crippen molar-refractivity contribution >= 4 is 52.1 Å². The van der Waals surface area contributed by atoms with Crippen molar-refractivity contribution in [2.75, 3.05) is 17.7 Å². The lowest BCUT2D eigenvalue weighted by Gasteiger charge is -2.13. The molecule has 170 valence electrons. The Labute approximate surface area is 198 Å². The van der Waals surface area contributed by atoms with Gasteiger partial charge in [0.15, 0.2) is 11.5 Å². The molecule has 0 saturated carbocycles. The number of benzene rings is 3. The van der Waals surface area contributed by atoms with Crippen LogP contribution in [0.1, 0.15) is 17.3 Å². The number of nitro benzene ring substituents is 1. The van der Waals surface area contributed by atoms with Crippen molar-refractivity contribution in [2.24, 2.45) is 0 Å². The Kier molecular flexibility index (Phi) is 7.37. The number of halogens is 2. The topological polar surface area (TPSA) is 120 Å². The number of hydrogen-bond acceptors (Lipinski definition) is 6. The van der Waals surface area contributed by atoms with Gasteiger partial charge in [-0.15, -0.1) is 0 Å². The second-order valence-corrected chi connectivity index (χ2v) is 7.51. The van der Waals surface area contributed by atoms with Crippen molar-refractivity contribution in [3.63, 3.8) is 0 Å². The molecule has 2 N–H and O–H groups in total. The molecule has 0 aliphatic heterocycles. The molecule has 0 radical (unpaired) electrons. The van der Waals surface area contributed by atoms with Gasteiger partial charge >= 0.3 is 5.69 Å². The summed E-state index contributed by atoms with van der Waals surface area (Å²) in [5.74, 6) is -0.408. The van der Waals surface area contributed by atoms with E-state index in [9.17, 15) is 19.7 Å². The Morgan fingerprint density at radius 3 is 2.30 bits per heavy atom. The van der Waals surface area contributed by atoms with Crippen LogP contribution in [-0.2, 0) is 4.79 Å². The normalized spacial score (nSPS) is 10.3. The van der Waals surface area contributed by atoms with Crippen molar-refractivity contribution in [1.29, 1.82) is 0 Å². The summed E-state index contributed by atoms with van der Waals surface area (Å²) in [7, 11) is 1.38. The Hall–Kier alpha value is -3.82. The number of methoxy groups -OCH3 is 1. The molecule has 0 aliphatic carbocycles. The highest BCUT2D eigenvalue weighted by Crippen LogP contribution is 2.38. The molecule has 2 amide bonds. The fraction of sp³-hybridized carbons (Fsp3) is 0.0909. The monoisotopic (exact) mass is 489 g/mol. The van der Waals surface area contributed by atoms with E-state index in [2.05, 4.69) is 10.6 Å². The number of nitrogens with zero attached hydrogens (tertiary/aromatic N) is 1. The van der Waals surface area contributed by atoms with Crippen LogP contribution in [0.4, 0.5) is 17.1 Å². The highest BCUT2D eigenvalue weighted by molar-refractivity contribution is 6.34. The van der Waals surface area contributed by atoms with E-state index in [-0.39, 0.29) is 44.5 Å². The third kappa shape index (κ3) is 5.91. The first-order valence-corrected chi connectivity index (χ1v) is 10.1. The van der Waals surface area contributed by atoms with Gasteiger partial charge in [0.2, 0.25) is 11.7 Å². The van der Waals surface area contributed by atoms with Crippen molar-refractivity contribution in [1.82, 2.24) is 0 Å². The molecule has 3 rings (SSSR count). The van der Waals surface area contributed by atoms with Crippen LogP contribution in [0.15, 0.2) is 54.6 Å². The van der Waals surface area contributed by atoms with Crippen LogP contribution in [0.5, 0.6) is 17.2 Å². The van der Waals surface area contributed by atoms with Crippen molar-refractivity contribution in [3.05, 3.63) is 80.3 Å². The van der Waals surface area contributed by atoms with Crippen LogP contribution in [0.3, 0.4) is 0 Å². The van der Waals surface area contributed by atoms with Gasteiger partial charge in [0, 0.05) is 29.3 Å². The quantitative estimate of drug-likeness (QED) is 0.314. The van der Waals surface area contributed by atoms with Gasteiger partial charge in [-0.2, -0.15) is 0 Å².